The molecule has 0 bridgehead atoms. The fourth-order valence-electron chi connectivity index (χ4n) is 2.19. The van der Waals surface area contributed by atoms with Gasteiger partial charge in [-0.25, -0.2) is 8.35 Å². The molecule has 0 N–H and O–H groups in total. The molecule has 0 aliphatic rings. The van der Waals surface area contributed by atoms with Gasteiger partial charge in [-0.1, -0.05) is 23.7 Å². The third-order valence-corrected chi connectivity index (χ3v) is 4.42. The van der Waals surface area contributed by atoms with Gasteiger partial charge in [0.15, 0.2) is 0 Å². The van der Waals surface area contributed by atoms with Crippen molar-refractivity contribution >= 4 is 27.5 Å². The normalized spacial score (nSPS) is 10.9. The monoisotopic (exact) mass is 316 g/mol. The van der Waals surface area contributed by atoms with Gasteiger partial charge in [-0.15, -0.1) is 0 Å². The summed E-state index contributed by atoms with van der Waals surface area (Å²) in [5, 5.41) is 0.609. The van der Waals surface area contributed by atoms with Crippen LogP contribution >= 0.6 is 11.5 Å². The molecule has 3 rings (SSSR count). The van der Waals surface area contributed by atoms with Crippen molar-refractivity contribution in [1.82, 2.24) is 8.86 Å². The van der Waals surface area contributed by atoms with E-state index >= 15 is 0 Å². The number of rotatable bonds is 2. The number of hydrogen-bond acceptors (Lipinski definition) is 3. The first-order valence-electron chi connectivity index (χ1n) is 6.61. The van der Waals surface area contributed by atoms with Crippen LogP contribution in [0.1, 0.15) is 10.4 Å². The lowest BCUT2D eigenvalue weighted by Crippen LogP contribution is -2.23. The number of carbonyl (C=O) groups is 1. The summed E-state index contributed by atoms with van der Waals surface area (Å²) in [7, 11) is 3.11. The van der Waals surface area contributed by atoms with Gasteiger partial charge in [0, 0.05) is 14.1 Å². The van der Waals surface area contributed by atoms with Crippen molar-refractivity contribution in [3.63, 3.8) is 0 Å². The molecule has 112 valence electrons. The first-order chi connectivity index (χ1) is 10.5. The van der Waals surface area contributed by atoms with Gasteiger partial charge in [0.05, 0.1) is 21.3 Å². The van der Waals surface area contributed by atoms with Gasteiger partial charge in [-0.2, -0.15) is 0 Å². The van der Waals surface area contributed by atoms with Crippen LogP contribution in [0.4, 0.5) is 4.39 Å². The van der Waals surface area contributed by atoms with Crippen LogP contribution in [0, 0.1) is 5.82 Å². The second-order valence-corrected chi connectivity index (χ2v) is 6.04. The number of aromatic nitrogens is 1. The van der Waals surface area contributed by atoms with E-state index in [1.54, 1.807) is 26.2 Å². The molecule has 0 spiro atoms. The average Bonchev–Trinajstić information content (AvgIpc) is 2.85. The lowest BCUT2D eigenvalue weighted by molar-refractivity contribution is 0.0823. The molecule has 0 saturated carbocycles. The van der Waals surface area contributed by atoms with E-state index in [1.807, 2.05) is 12.1 Å². The van der Waals surface area contributed by atoms with E-state index in [-0.39, 0.29) is 11.1 Å². The van der Waals surface area contributed by atoms with E-state index in [0.29, 0.717) is 11.1 Å². The van der Waals surface area contributed by atoms with E-state index < -0.39 is 11.7 Å². The van der Waals surface area contributed by atoms with Crippen LogP contribution in [0.2, 0.25) is 0 Å². The minimum Gasteiger partial charge on any atom is -0.345 e. The van der Waals surface area contributed by atoms with Gasteiger partial charge in [-0.3, -0.25) is 9.59 Å². The Morgan fingerprint density at radius 3 is 2.59 bits per heavy atom. The second kappa shape index (κ2) is 5.38. The molecular formula is C16H13FN2O2S. The van der Waals surface area contributed by atoms with E-state index in [2.05, 4.69) is 0 Å². The molecule has 0 saturated heterocycles. The topological polar surface area (TPSA) is 42.3 Å². The van der Waals surface area contributed by atoms with E-state index in [1.165, 1.54) is 38.6 Å². The summed E-state index contributed by atoms with van der Waals surface area (Å²) in [5.74, 6) is -1.04. The highest BCUT2D eigenvalue weighted by Crippen LogP contribution is 2.21. The smallest absolute Gasteiger partial charge is 0.273 e. The summed E-state index contributed by atoms with van der Waals surface area (Å²) in [6, 6.07) is 11.4. The molecule has 0 aliphatic heterocycles. The molecule has 1 heterocycles. The van der Waals surface area contributed by atoms with E-state index in [0.717, 1.165) is 4.70 Å². The van der Waals surface area contributed by atoms with Crippen molar-refractivity contribution in [2.45, 2.75) is 0 Å². The average molecular weight is 316 g/mol. The Bertz CT molecular complexity index is 927. The largest absolute Gasteiger partial charge is 0.345 e. The first kappa shape index (κ1) is 14.5. The molecule has 0 radical (unpaired) electrons. The third-order valence-electron chi connectivity index (χ3n) is 3.31. The van der Waals surface area contributed by atoms with Crippen LogP contribution in [0.5, 0.6) is 0 Å². The number of nitrogens with zero attached hydrogens (tertiary/aromatic N) is 2. The molecule has 0 unspecified atom stereocenters. The maximum Gasteiger partial charge on any atom is 0.273 e. The lowest BCUT2D eigenvalue weighted by atomic mass is 10.1. The predicted octanol–water partition coefficient (Wildman–Crippen LogP) is 2.89. The molecule has 4 nitrogen and oxygen atoms in total. The number of fused-ring (bicyclic) bond motifs is 1. The summed E-state index contributed by atoms with van der Waals surface area (Å²) in [6.45, 7) is 0. The Balaban J connectivity index is 2.19. The molecule has 0 aliphatic carbocycles. The standard InChI is InChI=1S/C16H13FN2O2S/c1-18(2)15(20)12-9-10(7-8-13(12)17)19-16(21)11-5-3-4-6-14(11)22-19/h3-9H,1-2H3. The minimum atomic E-state index is -0.600. The Morgan fingerprint density at radius 2 is 1.91 bits per heavy atom. The second-order valence-electron chi connectivity index (χ2n) is 5.05. The molecule has 1 aromatic heterocycles. The van der Waals surface area contributed by atoms with Crippen molar-refractivity contribution in [3.8, 4) is 5.69 Å². The Kier molecular flexibility index (Phi) is 3.54. The van der Waals surface area contributed by atoms with Crippen molar-refractivity contribution < 1.29 is 9.18 Å². The molecule has 22 heavy (non-hydrogen) atoms. The van der Waals surface area contributed by atoms with Crippen LogP contribution in [0.3, 0.4) is 0 Å². The summed E-state index contributed by atoms with van der Waals surface area (Å²) in [6.07, 6.45) is 0. The number of halogens is 1. The van der Waals surface area contributed by atoms with Gasteiger partial charge in [0.25, 0.3) is 11.5 Å². The fourth-order valence-corrected chi connectivity index (χ4v) is 3.18. The predicted molar refractivity (Wildman–Crippen MR) is 85.4 cm³/mol. The highest BCUT2D eigenvalue weighted by Gasteiger charge is 2.16. The van der Waals surface area contributed by atoms with E-state index in [4.69, 9.17) is 0 Å². The van der Waals surface area contributed by atoms with Crippen LogP contribution in [-0.4, -0.2) is 28.9 Å². The third kappa shape index (κ3) is 2.31. The molecule has 3 aromatic rings. The zero-order valence-corrected chi connectivity index (χ0v) is 12.9. The van der Waals surface area contributed by atoms with Crippen molar-refractivity contribution in [3.05, 3.63) is 64.2 Å². The van der Waals surface area contributed by atoms with Crippen molar-refractivity contribution in [1.29, 1.82) is 0 Å². The van der Waals surface area contributed by atoms with E-state index in [9.17, 15) is 14.0 Å². The van der Waals surface area contributed by atoms with Gasteiger partial charge in [0.2, 0.25) is 0 Å². The number of amides is 1. The Labute approximate surface area is 130 Å². The maximum absolute atomic E-state index is 13.9. The van der Waals surface area contributed by atoms with Crippen LogP contribution in [0.15, 0.2) is 47.3 Å². The number of hydrogen-bond donors (Lipinski definition) is 0. The summed E-state index contributed by atoms with van der Waals surface area (Å²) in [5.41, 5.74) is 0.264. The molecule has 0 atom stereocenters. The van der Waals surface area contributed by atoms with Gasteiger partial charge in [0.1, 0.15) is 5.82 Å². The maximum atomic E-state index is 13.9. The van der Waals surface area contributed by atoms with Gasteiger partial charge in [-0.05, 0) is 30.3 Å². The quantitative estimate of drug-likeness (QED) is 0.729. The highest BCUT2D eigenvalue weighted by molar-refractivity contribution is 7.14. The zero-order chi connectivity index (χ0) is 15.9. The minimum absolute atomic E-state index is 0.0492. The van der Waals surface area contributed by atoms with Gasteiger partial charge >= 0.3 is 0 Å². The molecule has 1 amide bonds. The molecule has 6 heteroatoms. The lowest BCUT2D eigenvalue weighted by Gasteiger charge is -2.12. The molecular weight excluding hydrogens is 303 g/mol. The van der Waals surface area contributed by atoms with Gasteiger partial charge < -0.3 is 4.90 Å². The Morgan fingerprint density at radius 1 is 1.18 bits per heavy atom. The SMILES string of the molecule is CN(C)C(=O)c1cc(-n2sc3ccccc3c2=O)ccc1F. The highest BCUT2D eigenvalue weighted by atomic mass is 32.1. The van der Waals surface area contributed by atoms with Crippen molar-refractivity contribution in [2.24, 2.45) is 0 Å². The summed E-state index contributed by atoms with van der Waals surface area (Å²) < 4.78 is 16.2. The first-order valence-corrected chi connectivity index (χ1v) is 7.39. The van der Waals surface area contributed by atoms with Crippen LogP contribution in [-0.2, 0) is 0 Å². The Hall–Kier alpha value is -2.47. The summed E-state index contributed by atoms with van der Waals surface area (Å²) in [4.78, 5) is 25.7. The number of carbonyl (C=O) groups excluding carboxylic acids is 1. The number of benzene rings is 2. The summed E-state index contributed by atoms with van der Waals surface area (Å²) >= 11 is 1.27. The van der Waals surface area contributed by atoms with Crippen LogP contribution < -0.4 is 5.56 Å². The fraction of sp³-hybridized carbons (Fsp3) is 0.125. The molecule has 0 fully saturated rings. The molecule has 2 aromatic carbocycles. The van der Waals surface area contributed by atoms with Crippen LogP contribution in [0.25, 0.3) is 15.8 Å². The van der Waals surface area contributed by atoms with Crippen molar-refractivity contribution in [2.75, 3.05) is 14.1 Å². The zero-order valence-electron chi connectivity index (χ0n) is 12.0.